The van der Waals surface area contributed by atoms with E-state index in [9.17, 15) is 13.5 Å². The highest BCUT2D eigenvalue weighted by Crippen LogP contribution is 2.25. The summed E-state index contributed by atoms with van der Waals surface area (Å²) in [6.45, 7) is 2.90. The van der Waals surface area contributed by atoms with Gasteiger partial charge in [-0.25, -0.2) is 13.1 Å². The number of hydrogen-bond acceptors (Lipinski definition) is 6. The van der Waals surface area contributed by atoms with Gasteiger partial charge in [0.05, 0.1) is 17.5 Å². The van der Waals surface area contributed by atoms with E-state index in [1.54, 1.807) is 13.8 Å². The molecular formula is C11H14ClN5O3S. The number of H-pyrrole nitrogens is 1. The Morgan fingerprint density at radius 3 is 2.76 bits per heavy atom. The number of aliphatic hydroxyl groups is 1. The van der Waals surface area contributed by atoms with E-state index in [-0.39, 0.29) is 22.3 Å². The highest BCUT2D eigenvalue weighted by atomic mass is 35.5. The van der Waals surface area contributed by atoms with E-state index in [4.69, 9.17) is 11.6 Å². The lowest BCUT2D eigenvalue weighted by Crippen LogP contribution is -2.28. The van der Waals surface area contributed by atoms with Crippen molar-refractivity contribution in [2.24, 2.45) is 0 Å². The van der Waals surface area contributed by atoms with Crippen molar-refractivity contribution in [1.29, 1.82) is 0 Å². The van der Waals surface area contributed by atoms with Gasteiger partial charge in [0.1, 0.15) is 0 Å². The number of hydrogen-bond donors (Lipinski definition) is 3. The molecule has 114 valence electrons. The van der Waals surface area contributed by atoms with Crippen molar-refractivity contribution in [1.82, 2.24) is 25.3 Å². The first-order chi connectivity index (χ1) is 9.85. The molecule has 0 aliphatic carbocycles. The van der Waals surface area contributed by atoms with Crippen LogP contribution in [-0.2, 0) is 16.6 Å². The van der Waals surface area contributed by atoms with E-state index in [1.807, 2.05) is 0 Å². The molecule has 0 saturated carbocycles. The lowest BCUT2D eigenvalue weighted by molar-refractivity contribution is 0.280. The molecule has 0 spiro atoms. The molecule has 1 atom stereocenters. The largest absolute Gasteiger partial charge is 0.392 e. The standard InChI is InChI=1S/C11H14ClN5O3S/c1-6-8(5-18)3-9(12)4-10(6)21(19,20)15-7(2)11-13-16-17-14-11/h3-4,7,15,18H,5H2,1-2H3,(H,13,14,16,17). The molecule has 0 aliphatic rings. The van der Waals surface area contributed by atoms with Gasteiger partial charge in [0.15, 0.2) is 5.82 Å². The van der Waals surface area contributed by atoms with Gasteiger partial charge in [0.25, 0.3) is 0 Å². The number of sulfonamides is 1. The third kappa shape index (κ3) is 3.38. The Morgan fingerprint density at radius 1 is 1.48 bits per heavy atom. The van der Waals surface area contributed by atoms with Crippen molar-refractivity contribution in [3.8, 4) is 0 Å². The second-order valence-electron chi connectivity index (χ2n) is 4.46. The Hall–Kier alpha value is -1.55. The number of aromatic nitrogens is 4. The molecule has 0 bridgehead atoms. The molecule has 0 saturated heterocycles. The number of rotatable bonds is 5. The molecule has 0 fully saturated rings. The molecule has 1 aromatic heterocycles. The number of nitrogens with zero attached hydrogens (tertiary/aromatic N) is 3. The average molecular weight is 332 g/mol. The molecule has 3 N–H and O–H groups in total. The molecule has 1 unspecified atom stereocenters. The molecule has 2 aromatic rings. The Bertz CT molecular complexity index is 733. The van der Waals surface area contributed by atoms with Gasteiger partial charge >= 0.3 is 0 Å². The molecule has 10 heteroatoms. The van der Waals surface area contributed by atoms with Gasteiger partial charge in [0, 0.05) is 5.02 Å². The Labute approximate surface area is 126 Å². The first-order valence-electron chi connectivity index (χ1n) is 6.00. The Kier molecular flexibility index (Phi) is 4.57. The first kappa shape index (κ1) is 15.8. The van der Waals surface area contributed by atoms with Crippen molar-refractivity contribution < 1.29 is 13.5 Å². The fraction of sp³-hybridized carbons (Fsp3) is 0.364. The minimum Gasteiger partial charge on any atom is -0.392 e. The predicted octanol–water partition coefficient (Wildman–Crippen LogP) is 0.693. The van der Waals surface area contributed by atoms with Crippen molar-refractivity contribution in [2.45, 2.75) is 31.4 Å². The third-order valence-electron chi connectivity index (χ3n) is 2.97. The highest BCUT2D eigenvalue weighted by Gasteiger charge is 2.24. The predicted molar refractivity (Wildman–Crippen MR) is 75.0 cm³/mol. The number of aliphatic hydroxyl groups excluding tert-OH is 1. The number of halogens is 1. The lowest BCUT2D eigenvalue weighted by Gasteiger charge is -2.15. The van der Waals surface area contributed by atoms with Crippen LogP contribution in [0.25, 0.3) is 0 Å². The minimum absolute atomic E-state index is 0.00870. The van der Waals surface area contributed by atoms with Gasteiger partial charge in [0.2, 0.25) is 10.0 Å². The summed E-state index contributed by atoms with van der Waals surface area (Å²) in [5.41, 5.74) is 0.893. The SMILES string of the molecule is Cc1c(CO)cc(Cl)cc1S(=O)(=O)NC(C)c1nn[nH]n1. The lowest BCUT2D eigenvalue weighted by atomic mass is 10.1. The fourth-order valence-electron chi connectivity index (χ4n) is 1.85. The summed E-state index contributed by atoms with van der Waals surface area (Å²) in [5, 5.41) is 22.6. The molecule has 2 rings (SSSR count). The van der Waals surface area contributed by atoms with Crippen LogP contribution in [0.2, 0.25) is 5.02 Å². The number of nitrogens with one attached hydrogen (secondary N) is 2. The van der Waals surface area contributed by atoms with Gasteiger partial charge in [-0.3, -0.25) is 0 Å². The summed E-state index contributed by atoms with van der Waals surface area (Å²) < 4.78 is 27.3. The Balaban J connectivity index is 2.38. The van der Waals surface area contributed by atoms with Crippen LogP contribution in [0.1, 0.15) is 29.9 Å². The zero-order valence-corrected chi connectivity index (χ0v) is 12.9. The summed E-state index contributed by atoms with van der Waals surface area (Å²) in [7, 11) is -3.84. The molecule has 8 nitrogen and oxygen atoms in total. The smallest absolute Gasteiger partial charge is 0.241 e. The summed E-state index contributed by atoms with van der Waals surface area (Å²) in [6, 6.07) is 2.20. The summed E-state index contributed by atoms with van der Waals surface area (Å²) >= 11 is 5.90. The van der Waals surface area contributed by atoms with Gasteiger partial charge in [-0.1, -0.05) is 16.8 Å². The van der Waals surface area contributed by atoms with E-state index >= 15 is 0 Å². The van der Waals surface area contributed by atoms with Gasteiger partial charge in [-0.15, -0.1) is 10.2 Å². The van der Waals surface area contributed by atoms with E-state index in [0.29, 0.717) is 11.1 Å². The first-order valence-corrected chi connectivity index (χ1v) is 7.87. The van der Waals surface area contributed by atoms with E-state index in [2.05, 4.69) is 25.3 Å². The van der Waals surface area contributed by atoms with Crippen molar-refractivity contribution in [3.05, 3.63) is 34.1 Å². The number of benzene rings is 1. The summed E-state index contributed by atoms with van der Waals surface area (Å²) in [6.07, 6.45) is 0. The van der Waals surface area contributed by atoms with Gasteiger partial charge < -0.3 is 5.11 Å². The van der Waals surface area contributed by atoms with Gasteiger partial charge in [-0.2, -0.15) is 5.21 Å². The summed E-state index contributed by atoms with van der Waals surface area (Å²) in [4.78, 5) is 0.00870. The minimum atomic E-state index is -3.84. The monoisotopic (exact) mass is 331 g/mol. The number of aromatic amines is 1. The third-order valence-corrected chi connectivity index (χ3v) is 4.86. The van der Waals surface area contributed by atoms with Crippen LogP contribution < -0.4 is 4.72 Å². The van der Waals surface area contributed by atoms with Crippen molar-refractivity contribution in [2.75, 3.05) is 0 Å². The topological polar surface area (TPSA) is 121 Å². The van der Waals surface area contributed by atoms with Crippen LogP contribution in [0.15, 0.2) is 17.0 Å². The van der Waals surface area contributed by atoms with Crippen LogP contribution in [0, 0.1) is 6.92 Å². The molecule has 0 aliphatic heterocycles. The van der Waals surface area contributed by atoms with Crippen LogP contribution in [0.3, 0.4) is 0 Å². The highest BCUT2D eigenvalue weighted by molar-refractivity contribution is 7.89. The Morgan fingerprint density at radius 2 is 2.19 bits per heavy atom. The normalized spacial score (nSPS) is 13.3. The van der Waals surface area contributed by atoms with Crippen LogP contribution in [0.5, 0.6) is 0 Å². The quantitative estimate of drug-likeness (QED) is 0.741. The van der Waals surface area contributed by atoms with Gasteiger partial charge in [-0.05, 0) is 37.1 Å². The van der Waals surface area contributed by atoms with E-state index in [1.165, 1.54) is 12.1 Å². The van der Waals surface area contributed by atoms with E-state index in [0.717, 1.165) is 0 Å². The maximum absolute atomic E-state index is 12.4. The van der Waals surface area contributed by atoms with Crippen molar-refractivity contribution >= 4 is 21.6 Å². The maximum Gasteiger partial charge on any atom is 0.241 e. The zero-order valence-electron chi connectivity index (χ0n) is 11.3. The molecule has 0 amide bonds. The molecule has 0 radical (unpaired) electrons. The second-order valence-corrected chi connectivity index (χ2v) is 6.58. The number of tetrazole rings is 1. The molecule has 1 aromatic carbocycles. The van der Waals surface area contributed by atoms with Crippen LogP contribution in [0.4, 0.5) is 0 Å². The fourth-order valence-corrected chi connectivity index (χ4v) is 3.67. The van der Waals surface area contributed by atoms with Crippen LogP contribution in [-0.4, -0.2) is 34.1 Å². The zero-order chi connectivity index (χ0) is 15.6. The van der Waals surface area contributed by atoms with Crippen molar-refractivity contribution in [3.63, 3.8) is 0 Å². The van der Waals surface area contributed by atoms with E-state index < -0.39 is 16.1 Å². The molecule has 1 heterocycles. The maximum atomic E-state index is 12.4. The van der Waals surface area contributed by atoms with Crippen LogP contribution >= 0.6 is 11.6 Å². The molecule has 21 heavy (non-hydrogen) atoms. The second kappa shape index (κ2) is 6.06. The summed E-state index contributed by atoms with van der Waals surface area (Å²) in [5.74, 6) is 0.223. The molecular weight excluding hydrogens is 318 g/mol. The average Bonchev–Trinajstić information content (AvgIpc) is 2.94.